The molecule has 0 fully saturated rings. The van der Waals surface area contributed by atoms with Crippen molar-refractivity contribution in [1.82, 2.24) is 14.8 Å². The van der Waals surface area contributed by atoms with E-state index in [1.54, 1.807) is 22.9 Å². The molecule has 88 valence electrons. The van der Waals surface area contributed by atoms with E-state index in [0.29, 0.717) is 10.3 Å². The number of hydrogen-bond donors (Lipinski definition) is 1. The fraction of sp³-hybridized carbons (Fsp3) is 0.182. The molecule has 1 aromatic heterocycles. The van der Waals surface area contributed by atoms with Crippen LogP contribution in [0.5, 0.6) is 0 Å². The number of aromatic nitrogens is 3. The molecule has 1 aromatic carbocycles. The second-order valence-corrected chi connectivity index (χ2v) is 4.44. The number of hydrogen-bond acceptors (Lipinski definition) is 3. The van der Waals surface area contributed by atoms with Crippen molar-refractivity contribution >= 4 is 21.9 Å². The van der Waals surface area contributed by atoms with Crippen LogP contribution in [-0.4, -0.2) is 25.8 Å². The number of benzene rings is 1. The lowest BCUT2D eigenvalue weighted by Crippen LogP contribution is -2.03. The number of aromatic carboxylic acids is 1. The van der Waals surface area contributed by atoms with Gasteiger partial charge >= 0.3 is 5.97 Å². The average molecular weight is 296 g/mol. The molecule has 0 aliphatic heterocycles. The summed E-state index contributed by atoms with van der Waals surface area (Å²) in [4.78, 5) is 15.0. The molecule has 0 saturated carbocycles. The van der Waals surface area contributed by atoms with Gasteiger partial charge in [-0.1, -0.05) is 0 Å². The van der Waals surface area contributed by atoms with Crippen LogP contribution in [-0.2, 0) is 0 Å². The first-order chi connectivity index (χ1) is 7.99. The number of halogens is 1. The van der Waals surface area contributed by atoms with Crippen LogP contribution in [0.4, 0.5) is 0 Å². The Kier molecular flexibility index (Phi) is 2.97. The van der Waals surface area contributed by atoms with E-state index in [1.807, 2.05) is 13.8 Å². The minimum absolute atomic E-state index is 0.232. The number of aryl methyl sites for hydroxylation is 2. The maximum atomic E-state index is 10.8. The van der Waals surface area contributed by atoms with Crippen LogP contribution in [0, 0.1) is 13.8 Å². The van der Waals surface area contributed by atoms with Crippen LogP contribution in [0.3, 0.4) is 0 Å². The molecule has 1 N–H and O–H groups in total. The Hall–Kier alpha value is -1.69. The zero-order valence-corrected chi connectivity index (χ0v) is 10.9. The topological polar surface area (TPSA) is 68.0 Å². The van der Waals surface area contributed by atoms with E-state index in [4.69, 9.17) is 5.11 Å². The summed E-state index contributed by atoms with van der Waals surface area (Å²) < 4.78 is 2.34. The van der Waals surface area contributed by atoms with Gasteiger partial charge in [-0.05, 0) is 48.0 Å². The number of carboxylic acid groups (broad SMARTS) is 1. The van der Waals surface area contributed by atoms with Gasteiger partial charge in [-0.15, -0.1) is 0 Å². The third kappa shape index (κ3) is 2.21. The summed E-state index contributed by atoms with van der Waals surface area (Å²) in [6, 6.07) is 4.79. The van der Waals surface area contributed by atoms with E-state index in [2.05, 4.69) is 26.0 Å². The molecule has 2 rings (SSSR count). The molecule has 0 radical (unpaired) electrons. The highest BCUT2D eigenvalue weighted by Crippen LogP contribution is 2.23. The first-order valence-electron chi connectivity index (χ1n) is 4.92. The molecule has 0 saturated heterocycles. The molecule has 2 aromatic rings. The first-order valence-corrected chi connectivity index (χ1v) is 5.72. The quantitative estimate of drug-likeness (QED) is 0.923. The molecule has 6 heteroatoms. The van der Waals surface area contributed by atoms with E-state index >= 15 is 0 Å². The second kappa shape index (κ2) is 4.29. The highest BCUT2D eigenvalue weighted by atomic mass is 79.9. The summed E-state index contributed by atoms with van der Waals surface area (Å²) in [7, 11) is 0. The Morgan fingerprint density at radius 2 is 2.12 bits per heavy atom. The van der Waals surface area contributed by atoms with Crippen molar-refractivity contribution in [2.75, 3.05) is 0 Å². The van der Waals surface area contributed by atoms with Crippen LogP contribution in [0.25, 0.3) is 5.69 Å². The van der Waals surface area contributed by atoms with Gasteiger partial charge in [0.25, 0.3) is 0 Å². The minimum atomic E-state index is -0.955. The maximum absolute atomic E-state index is 10.8. The Morgan fingerprint density at radius 3 is 2.59 bits per heavy atom. The van der Waals surface area contributed by atoms with Crippen LogP contribution >= 0.6 is 15.9 Å². The number of rotatable bonds is 2. The van der Waals surface area contributed by atoms with Crippen LogP contribution in [0.2, 0.25) is 0 Å². The predicted octanol–water partition coefficient (Wildman–Crippen LogP) is 2.34. The van der Waals surface area contributed by atoms with E-state index < -0.39 is 5.97 Å². The van der Waals surface area contributed by atoms with E-state index in [9.17, 15) is 4.79 Å². The lowest BCUT2D eigenvalue weighted by atomic mass is 10.2. The van der Waals surface area contributed by atoms with Crippen molar-refractivity contribution in [3.8, 4) is 5.69 Å². The molecule has 0 aliphatic carbocycles. The largest absolute Gasteiger partial charge is 0.478 e. The molecule has 5 nitrogen and oxygen atoms in total. The smallest absolute Gasteiger partial charge is 0.335 e. The van der Waals surface area contributed by atoms with Gasteiger partial charge in [0.15, 0.2) is 0 Å². The van der Waals surface area contributed by atoms with Gasteiger partial charge < -0.3 is 5.11 Å². The van der Waals surface area contributed by atoms with Crippen molar-refractivity contribution in [2.45, 2.75) is 13.8 Å². The fourth-order valence-corrected chi connectivity index (χ4v) is 2.11. The van der Waals surface area contributed by atoms with Crippen molar-refractivity contribution in [3.05, 3.63) is 39.9 Å². The van der Waals surface area contributed by atoms with Gasteiger partial charge in [0.2, 0.25) is 0 Å². The Bertz CT molecular complexity index is 592. The normalized spacial score (nSPS) is 10.5. The maximum Gasteiger partial charge on any atom is 0.335 e. The van der Waals surface area contributed by atoms with Gasteiger partial charge in [-0.25, -0.2) is 14.5 Å². The summed E-state index contributed by atoms with van der Waals surface area (Å²) in [5, 5.41) is 13.1. The van der Waals surface area contributed by atoms with E-state index in [-0.39, 0.29) is 5.56 Å². The molecular formula is C11H10BrN3O2. The lowest BCUT2D eigenvalue weighted by Gasteiger charge is -2.06. The first kappa shape index (κ1) is 11.8. The standard InChI is InChI=1S/C11H10BrN3O2/c1-6-13-7(2)15(14-6)10-4-3-8(11(16)17)5-9(10)12/h3-5H,1-2H3,(H,16,17). The van der Waals surface area contributed by atoms with Gasteiger partial charge in [0.05, 0.1) is 11.3 Å². The predicted molar refractivity (Wildman–Crippen MR) is 65.5 cm³/mol. The van der Waals surface area contributed by atoms with Gasteiger partial charge in [-0.3, -0.25) is 0 Å². The fourth-order valence-electron chi connectivity index (χ4n) is 1.56. The Balaban J connectivity index is 2.54. The monoisotopic (exact) mass is 295 g/mol. The Labute approximate surface area is 106 Å². The summed E-state index contributed by atoms with van der Waals surface area (Å²) in [6.45, 7) is 3.65. The summed E-state index contributed by atoms with van der Waals surface area (Å²) in [5.74, 6) is 0.478. The summed E-state index contributed by atoms with van der Waals surface area (Å²) >= 11 is 3.34. The van der Waals surface area contributed by atoms with E-state index in [1.165, 1.54) is 0 Å². The van der Waals surface area contributed by atoms with Crippen LogP contribution < -0.4 is 0 Å². The third-order valence-corrected chi connectivity index (χ3v) is 2.93. The average Bonchev–Trinajstić information content (AvgIpc) is 2.57. The summed E-state index contributed by atoms with van der Waals surface area (Å²) in [5.41, 5.74) is 1.00. The van der Waals surface area contributed by atoms with Crippen LogP contribution in [0.1, 0.15) is 22.0 Å². The highest BCUT2D eigenvalue weighted by molar-refractivity contribution is 9.10. The zero-order chi connectivity index (χ0) is 12.6. The van der Waals surface area contributed by atoms with Crippen molar-refractivity contribution < 1.29 is 9.90 Å². The molecule has 0 bridgehead atoms. The minimum Gasteiger partial charge on any atom is -0.478 e. The van der Waals surface area contributed by atoms with Crippen LogP contribution in [0.15, 0.2) is 22.7 Å². The number of carbonyl (C=O) groups is 1. The zero-order valence-electron chi connectivity index (χ0n) is 9.31. The summed E-state index contributed by atoms with van der Waals surface area (Å²) in [6.07, 6.45) is 0. The van der Waals surface area contributed by atoms with Gasteiger partial charge in [-0.2, -0.15) is 5.10 Å². The second-order valence-electron chi connectivity index (χ2n) is 3.59. The van der Waals surface area contributed by atoms with Crippen molar-refractivity contribution in [3.63, 3.8) is 0 Å². The molecular weight excluding hydrogens is 286 g/mol. The molecule has 0 spiro atoms. The highest BCUT2D eigenvalue weighted by Gasteiger charge is 2.11. The molecule has 0 atom stereocenters. The molecule has 0 unspecified atom stereocenters. The molecule has 1 heterocycles. The lowest BCUT2D eigenvalue weighted by molar-refractivity contribution is 0.0697. The van der Waals surface area contributed by atoms with E-state index in [0.717, 1.165) is 11.5 Å². The molecule has 0 aliphatic rings. The number of carboxylic acids is 1. The van der Waals surface area contributed by atoms with Gasteiger partial charge in [0.1, 0.15) is 11.6 Å². The van der Waals surface area contributed by atoms with Gasteiger partial charge in [0, 0.05) is 4.47 Å². The Morgan fingerprint density at radius 1 is 1.41 bits per heavy atom. The number of nitrogens with zero attached hydrogens (tertiary/aromatic N) is 3. The van der Waals surface area contributed by atoms with Crippen molar-refractivity contribution in [1.29, 1.82) is 0 Å². The third-order valence-electron chi connectivity index (χ3n) is 2.30. The van der Waals surface area contributed by atoms with Crippen molar-refractivity contribution in [2.24, 2.45) is 0 Å². The SMILES string of the molecule is Cc1nc(C)n(-c2ccc(C(=O)O)cc2Br)n1. The molecule has 0 amide bonds. The molecule has 17 heavy (non-hydrogen) atoms.